The summed E-state index contributed by atoms with van der Waals surface area (Å²) >= 11 is 1.37. The van der Waals surface area contributed by atoms with Crippen molar-refractivity contribution in [3.63, 3.8) is 0 Å². The normalized spacial score (nSPS) is 15.5. The standard InChI is InChI=1S/C16H18N2O4S/c1-21-11-6-7-12-13(8-11)23-16(18(12)9-14(19)22-2)17-15(20)10-4-3-5-10/h6-8,10H,3-5,9H2,1-2H3. The van der Waals surface area contributed by atoms with Crippen LogP contribution in [0.3, 0.4) is 0 Å². The van der Waals surface area contributed by atoms with Crippen LogP contribution in [0.4, 0.5) is 0 Å². The Hall–Kier alpha value is -2.15. The molecule has 122 valence electrons. The molecule has 1 aromatic carbocycles. The molecule has 1 saturated carbocycles. The highest BCUT2D eigenvalue weighted by molar-refractivity contribution is 7.16. The molecule has 6 nitrogen and oxygen atoms in total. The number of hydrogen-bond acceptors (Lipinski definition) is 5. The minimum absolute atomic E-state index is 0.0274. The predicted molar refractivity (Wildman–Crippen MR) is 86.3 cm³/mol. The number of aromatic nitrogens is 1. The van der Waals surface area contributed by atoms with Gasteiger partial charge >= 0.3 is 5.97 Å². The molecule has 7 heteroatoms. The number of hydrogen-bond donors (Lipinski definition) is 0. The molecule has 0 radical (unpaired) electrons. The number of benzene rings is 1. The van der Waals surface area contributed by atoms with Crippen LogP contribution in [0.2, 0.25) is 0 Å². The van der Waals surface area contributed by atoms with Gasteiger partial charge in [0.15, 0.2) is 4.80 Å². The van der Waals surface area contributed by atoms with Crippen molar-refractivity contribution in [1.82, 2.24) is 4.57 Å². The quantitative estimate of drug-likeness (QED) is 0.803. The van der Waals surface area contributed by atoms with E-state index in [2.05, 4.69) is 4.99 Å². The van der Waals surface area contributed by atoms with Gasteiger partial charge in [0.2, 0.25) is 0 Å². The Balaban J connectivity index is 2.09. The second kappa shape index (κ2) is 6.54. The largest absolute Gasteiger partial charge is 0.497 e. The van der Waals surface area contributed by atoms with E-state index in [-0.39, 0.29) is 24.3 Å². The van der Waals surface area contributed by atoms with Gasteiger partial charge in [0.05, 0.1) is 24.4 Å². The van der Waals surface area contributed by atoms with Crippen molar-refractivity contribution in [2.45, 2.75) is 25.8 Å². The fourth-order valence-electron chi connectivity index (χ4n) is 2.45. The predicted octanol–water partition coefficient (Wildman–Crippen LogP) is 2.11. The van der Waals surface area contributed by atoms with Crippen LogP contribution in [-0.2, 0) is 20.9 Å². The van der Waals surface area contributed by atoms with Gasteiger partial charge in [-0.05, 0) is 31.0 Å². The van der Waals surface area contributed by atoms with E-state index >= 15 is 0 Å². The number of rotatable bonds is 4. The van der Waals surface area contributed by atoms with Gasteiger partial charge in [0, 0.05) is 5.92 Å². The number of methoxy groups -OCH3 is 2. The Morgan fingerprint density at radius 2 is 2.13 bits per heavy atom. The minimum Gasteiger partial charge on any atom is -0.497 e. The van der Waals surface area contributed by atoms with Gasteiger partial charge in [0.1, 0.15) is 12.3 Å². The van der Waals surface area contributed by atoms with E-state index in [0.717, 1.165) is 35.2 Å². The van der Waals surface area contributed by atoms with Gasteiger partial charge in [-0.3, -0.25) is 9.59 Å². The highest BCUT2D eigenvalue weighted by Crippen LogP contribution is 2.28. The van der Waals surface area contributed by atoms with Crippen LogP contribution in [0, 0.1) is 5.92 Å². The molecule has 1 fully saturated rings. The number of thiazole rings is 1. The fraction of sp³-hybridized carbons (Fsp3) is 0.438. The van der Waals surface area contributed by atoms with Crippen LogP contribution in [0.5, 0.6) is 5.75 Å². The average molecular weight is 334 g/mol. The van der Waals surface area contributed by atoms with E-state index in [9.17, 15) is 9.59 Å². The molecular formula is C16H18N2O4S. The van der Waals surface area contributed by atoms with Crippen molar-refractivity contribution in [3.8, 4) is 5.75 Å². The molecule has 0 N–H and O–H groups in total. The Kier molecular flexibility index (Phi) is 4.47. The monoisotopic (exact) mass is 334 g/mol. The van der Waals surface area contributed by atoms with E-state index < -0.39 is 0 Å². The second-order valence-electron chi connectivity index (χ2n) is 5.46. The van der Waals surface area contributed by atoms with Crippen LogP contribution in [-0.4, -0.2) is 30.7 Å². The van der Waals surface area contributed by atoms with Crippen molar-refractivity contribution in [2.24, 2.45) is 10.9 Å². The molecule has 1 aliphatic rings. The molecule has 0 atom stereocenters. The zero-order valence-electron chi connectivity index (χ0n) is 13.1. The summed E-state index contributed by atoms with van der Waals surface area (Å²) in [5, 5.41) is 0. The van der Waals surface area contributed by atoms with Crippen LogP contribution < -0.4 is 9.54 Å². The van der Waals surface area contributed by atoms with Crippen molar-refractivity contribution in [2.75, 3.05) is 14.2 Å². The van der Waals surface area contributed by atoms with E-state index in [1.165, 1.54) is 18.4 Å². The first kappa shape index (κ1) is 15.7. The van der Waals surface area contributed by atoms with E-state index in [1.54, 1.807) is 11.7 Å². The summed E-state index contributed by atoms with van der Waals surface area (Å²) in [6.07, 6.45) is 2.88. The second-order valence-corrected chi connectivity index (χ2v) is 6.47. The Labute approximate surface area is 137 Å². The molecule has 3 rings (SSSR count). The zero-order valence-corrected chi connectivity index (χ0v) is 13.9. The number of fused-ring (bicyclic) bond motifs is 1. The molecule has 0 spiro atoms. The maximum absolute atomic E-state index is 12.2. The molecular weight excluding hydrogens is 316 g/mol. The van der Waals surface area contributed by atoms with Gasteiger partial charge in [-0.25, -0.2) is 0 Å². The van der Waals surface area contributed by atoms with Gasteiger partial charge < -0.3 is 14.0 Å². The lowest BCUT2D eigenvalue weighted by Crippen LogP contribution is -2.26. The SMILES string of the molecule is COC(=O)Cn1c(=NC(=O)C2CCC2)sc2cc(OC)ccc21. The molecule has 0 aliphatic heterocycles. The molecule has 1 aliphatic carbocycles. The van der Waals surface area contributed by atoms with Crippen LogP contribution >= 0.6 is 11.3 Å². The molecule has 1 aromatic heterocycles. The highest BCUT2D eigenvalue weighted by atomic mass is 32.1. The third-order valence-corrected chi connectivity index (χ3v) is 5.11. The molecule has 0 unspecified atom stereocenters. The van der Waals surface area contributed by atoms with Gasteiger partial charge in [0.25, 0.3) is 5.91 Å². The lowest BCUT2D eigenvalue weighted by molar-refractivity contribution is -0.141. The summed E-state index contributed by atoms with van der Waals surface area (Å²) < 4.78 is 12.6. The first-order valence-electron chi connectivity index (χ1n) is 7.45. The lowest BCUT2D eigenvalue weighted by atomic mass is 9.85. The molecule has 2 aromatic rings. The zero-order chi connectivity index (χ0) is 16.4. The fourth-order valence-corrected chi connectivity index (χ4v) is 3.52. The van der Waals surface area contributed by atoms with Crippen molar-refractivity contribution in [1.29, 1.82) is 0 Å². The summed E-state index contributed by atoms with van der Waals surface area (Å²) in [5.41, 5.74) is 0.835. The van der Waals surface area contributed by atoms with Crippen molar-refractivity contribution in [3.05, 3.63) is 23.0 Å². The number of nitrogens with zero attached hydrogens (tertiary/aromatic N) is 2. The van der Waals surface area contributed by atoms with Crippen molar-refractivity contribution >= 4 is 33.4 Å². The number of ether oxygens (including phenoxy) is 2. The number of carbonyl (C=O) groups excluding carboxylic acids is 2. The molecule has 1 amide bonds. The van der Waals surface area contributed by atoms with Crippen LogP contribution in [0.15, 0.2) is 23.2 Å². The topological polar surface area (TPSA) is 69.9 Å². The molecule has 0 saturated heterocycles. The summed E-state index contributed by atoms with van der Waals surface area (Å²) in [5.74, 6) is 0.272. The highest BCUT2D eigenvalue weighted by Gasteiger charge is 2.25. The van der Waals surface area contributed by atoms with E-state index in [0.29, 0.717) is 4.80 Å². The van der Waals surface area contributed by atoms with Crippen LogP contribution in [0.25, 0.3) is 10.2 Å². The summed E-state index contributed by atoms with van der Waals surface area (Å²) in [7, 11) is 2.94. The minimum atomic E-state index is -0.377. The number of esters is 1. The Bertz CT molecular complexity index is 817. The summed E-state index contributed by atoms with van der Waals surface area (Å²) in [6, 6.07) is 5.56. The lowest BCUT2D eigenvalue weighted by Gasteiger charge is -2.20. The first-order valence-corrected chi connectivity index (χ1v) is 8.27. The number of amides is 1. The summed E-state index contributed by atoms with van der Waals surface area (Å²) in [6.45, 7) is 0.0274. The molecule has 0 bridgehead atoms. The van der Waals surface area contributed by atoms with Gasteiger partial charge in [-0.1, -0.05) is 17.8 Å². The van der Waals surface area contributed by atoms with Crippen LogP contribution in [0.1, 0.15) is 19.3 Å². The third-order valence-electron chi connectivity index (χ3n) is 4.07. The van der Waals surface area contributed by atoms with Gasteiger partial charge in [-0.2, -0.15) is 4.99 Å². The Morgan fingerprint density at radius 1 is 1.35 bits per heavy atom. The van der Waals surface area contributed by atoms with E-state index in [1.807, 2.05) is 18.2 Å². The smallest absolute Gasteiger partial charge is 0.325 e. The average Bonchev–Trinajstić information content (AvgIpc) is 2.81. The van der Waals surface area contributed by atoms with Gasteiger partial charge in [-0.15, -0.1) is 0 Å². The molecule has 1 heterocycles. The maximum atomic E-state index is 12.2. The summed E-state index contributed by atoms with van der Waals surface area (Å²) in [4.78, 5) is 28.7. The number of carbonyl (C=O) groups is 2. The van der Waals surface area contributed by atoms with Crippen molar-refractivity contribution < 1.29 is 19.1 Å². The first-order chi connectivity index (χ1) is 11.1. The van der Waals surface area contributed by atoms with E-state index in [4.69, 9.17) is 9.47 Å². The Morgan fingerprint density at radius 3 is 2.74 bits per heavy atom. The molecule has 23 heavy (non-hydrogen) atoms. The maximum Gasteiger partial charge on any atom is 0.325 e. The third kappa shape index (κ3) is 3.14.